The van der Waals surface area contributed by atoms with Gasteiger partial charge < -0.3 is 15.1 Å². The van der Waals surface area contributed by atoms with E-state index < -0.39 is 0 Å². The fourth-order valence-corrected chi connectivity index (χ4v) is 3.81. The van der Waals surface area contributed by atoms with Crippen molar-refractivity contribution in [1.29, 1.82) is 0 Å². The monoisotopic (exact) mass is 396 g/mol. The molecule has 2 N–H and O–H groups in total. The van der Waals surface area contributed by atoms with Gasteiger partial charge in [0, 0.05) is 44.1 Å². The van der Waals surface area contributed by atoms with Crippen LogP contribution in [0.4, 0.5) is 0 Å². The van der Waals surface area contributed by atoms with Gasteiger partial charge in [0.25, 0.3) is 0 Å². The summed E-state index contributed by atoms with van der Waals surface area (Å²) in [6.45, 7) is 4.73. The van der Waals surface area contributed by atoms with Gasteiger partial charge in [0.1, 0.15) is 17.2 Å². The Morgan fingerprint density at radius 2 is 2.14 bits per heavy atom. The van der Waals surface area contributed by atoms with Gasteiger partial charge >= 0.3 is 5.69 Å². The average molecular weight is 396 g/mol. The first-order chi connectivity index (χ1) is 14.2. The van der Waals surface area contributed by atoms with Crippen LogP contribution >= 0.6 is 0 Å². The summed E-state index contributed by atoms with van der Waals surface area (Å²) in [5.74, 6) is 2.54. The van der Waals surface area contributed by atoms with Crippen molar-refractivity contribution in [3.63, 3.8) is 0 Å². The van der Waals surface area contributed by atoms with Crippen LogP contribution in [0, 0.1) is 6.92 Å². The zero-order valence-corrected chi connectivity index (χ0v) is 17.1. The Balaban J connectivity index is 1.27. The number of aryl methyl sites for hydroxylation is 3. The summed E-state index contributed by atoms with van der Waals surface area (Å²) in [4.78, 5) is 16.6. The van der Waals surface area contributed by atoms with E-state index in [0.717, 1.165) is 60.3 Å². The lowest BCUT2D eigenvalue weighted by atomic mass is 10.1. The first-order valence-electron chi connectivity index (χ1n) is 10.3. The van der Waals surface area contributed by atoms with Gasteiger partial charge in [0.15, 0.2) is 5.96 Å². The van der Waals surface area contributed by atoms with Crippen LogP contribution in [-0.4, -0.2) is 33.9 Å². The summed E-state index contributed by atoms with van der Waals surface area (Å²) < 4.78 is 9.34. The third kappa shape index (κ3) is 4.06. The van der Waals surface area contributed by atoms with E-state index in [1.54, 1.807) is 11.7 Å². The number of para-hydroxylation sites is 1. The molecule has 0 amide bonds. The van der Waals surface area contributed by atoms with E-state index in [2.05, 4.69) is 33.7 Å². The largest absolute Gasteiger partial charge is 0.459 e. The van der Waals surface area contributed by atoms with Crippen LogP contribution in [0.2, 0.25) is 0 Å². The number of aliphatic imine (C=N–C) groups is 1. The van der Waals surface area contributed by atoms with Gasteiger partial charge in [-0.05, 0) is 32.3 Å². The lowest BCUT2D eigenvalue weighted by Gasteiger charge is -2.11. The Hall–Kier alpha value is -3.03. The average Bonchev–Trinajstić information content (AvgIpc) is 3.25. The van der Waals surface area contributed by atoms with E-state index in [-0.39, 0.29) is 5.69 Å². The number of nitrogens with zero attached hydrogens (tertiary/aromatic N) is 4. The predicted octanol–water partition coefficient (Wildman–Crippen LogP) is 2.19. The molecule has 0 unspecified atom stereocenters. The van der Waals surface area contributed by atoms with Crippen LogP contribution in [0.1, 0.15) is 36.4 Å². The van der Waals surface area contributed by atoms with Crippen molar-refractivity contribution < 1.29 is 4.42 Å². The maximum atomic E-state index is 12.4. The van der Waals surface area contributed by atoms with E-state index in [0.29, 0.717) is 25.6 Å². The van der Waals surface area contributed by atoms with Crippen LogP contribution in [0.25, 0.3) is 11.0 Å². The topological polar surface area (TPSA) is 89.4 Å². The van der Waals surface area contributed by atoms with Gasteiger partial charge in [-0.3, -0.25) is 9.56 Å². The van der Waals surface area contributed by atoms with Gasteiger partial charge in [-0.1, -0.05) is 18.2 Å². The first kappa shape index (κ1) is 19.3. The molecular weight excluding hydrogens is 368 g/mol. The second kappa shape index (κ2) is 8.55. The summed E-state index contributed by atoms with van der Waals surface area (Å²) in [5, 5.41) is 12.2. The van der Waals surface area contributed by atoms with Crippen molar-refractivity contribution in [3.05, 3.63) is 51.9 Å². The molecule has 0 spiro atoms. The zero-order chi connectivity index (χ0) is 20.2. The van der Waals surface area contributed by atoms with Gasteiger partial charge in [-0.25, -0.2) is 9.48 Å². The molecule has 0 saturated heterocycles. The van der Waals surface area contributed by atoms with Crippen LogP contribution in [0.15, 0.2) is 38.5 Å². The van der Waals surface area contributed by atoms with Gasteiger partial charge in [-0.2, -0.15) is 5.10 Å². The van der Waals surface area contributed by atoms with Gasteiger partial charge in [0.05, 0.1) is 6.54 Å². The molecule has 8 heteroatoms. The van der Waals surface area contributed by atoms with Crippen molar-refractivity contribution >= 4 is 16.9 Å². The van der Waals surface area contributed by atoms with Crippen LogP contribution in [0.3, 0.4) is 0 Å². The summed E-state index contributed by atoms with van der Waals surface area (Å²) in [7, 11) is 1.74. The highest BCUT2D eigenvalue weighted by Crippen LogP contribution is 2.24. The molecule has 0 aliphatic carbocycles. The molecule has 4 rings (SSSR count). The Labute approximate surface area is 169 Å². The molecule has 0 fully saturated rings. The van der Waals surface area contributed by atoms with Crippen molar-refractivity contribution in [2.45, 2.75) is 52.2 Å². The lowest BCUT2D eigenvalue weighted by molar-refractivity contribution is 0.508. The minimum atomic E-state index is 0.0163. The number of guanidine groups is 1. The molecule has 1 aliphatic rings. The molecule has 0 atom stereocenters. The van der Waals surface area contributed by atoms with Crippen LogP contribution in [0.5, 0.6) is 0 Å². The smallest absolute Gasteiger partial charge is 0.345 e. The molecule has 2 aromatic heterocycles. The maximum absolute atomic E-state index is 12.4. The SMILES string of the molecule is CN=C(NCCCn1nc2n(c1=O)CCCC2)NCc1oc2ccccc2c1C. The normalized spacial score (nSPS) is 14.2. The second-order valence-electron chi connectivity index (χ2n) is 7.38. The van der Waals surface area contributed by atoms with Crippen LogP contribution < -0.4 is 16.3 Å². The molecule has 8 nitrogen and oxygen atoms in total. The molecule has 1 aliphatic heterocycles. The van der Waals surface area contributed by atoms with Crippen molar-refractivity contribution in [2.75, 3.05) is 13.6 Å². The first-order valence-corrected chi connectivity index (χ1v) is 10.3. The number of fused-ring (bicyclic) bond motifs is 2. The molecule has 154 valence electrons. The van der Waals surface area contributed by atoms with E-state index in [4.69, 9.17) is 4.42 Å². The number of hydrogen-bond acceptors (Lipinski definition) is 4. The quantitative estimate of drug-likeness (QED) is 0.379. The molecule has 0 radical (unpaired) electrons. The molecule has 3 aromatic rings. The molecular formula is C21H28N6O2. The molecule has 29 heavy (non-hydrogen) atoms. The fourth-order valence-electron chi connectivity index (χ4n) is 3.81. The summed E-state index contributed by atoms with van der Waals surface area (Å²) in [6.07, 6.45) is 3.87. The van der Waals surface area contributed by atoms with Gasteiger partial charge in [-0.15, -0.1) is 0 Å². The zero-order valence-electron chi connectivity index (χ0n) is 17.1. The standard InChI is InChI=1S/C21H28N6O2/c1-15-16-8-3-4-9-17(16)29-18(15)14-24-20(22-2)23-11-7-13-27-21(28)26-12-6-5-10-19(26)25-27/h3-4,8-9H,5-7,10-14H2,1-2H3,(H2,22,23,24). The molecule has 0 saturated carbocycles. The Bertz CT molecular complexity index is 1070. The summed E-state index contributed by atoms with van der Waals surface area (Å²) >= 11 is 0. The highest BCUT2D eigenvalue weighted by Gasteiger charge is 2.16. The molecule has 0 bridgehead atoms. The highest BCUT2D eigenvalue weighted by molar-refractivity contribution is 5.82. The van der Waals surface area contributed by atoms with E-state index in [1.165, 1.54) is 0 Å². The number of benzene rings is 1. The third-order valence-electron chi connectivity index (χ3n) is 5.45. The van der Waals surface area contributed by atoms with Crippen molar-refractivity contribution in [1.82, 2.24) is 25.0 Å². The summed E-state index contributed by atoms with van der Waals surface area (Å²) in [5.41, 5.74) is 2.06. The van der Waals surface area contributed by atoms with Crippen molar-refractivity contribution in [3.8, 4) is 0 Å². The molecule has 1 aromatic carbocycles. The third-order valence-corrected chi connectivity index (χ3v) is 5.45. The molecule has 3 heterocycles. The lowest BCUT2D eigenvalue weighted by Crippen LogP contribution is -2.38. The van der Waals surface area contributed by atoms with E-state index in [9.17, 15) is 4.79 Å². The Kier molecular flexibility index (Phi) is 5.69. The van der Waals surface area contributed by atoms with Crippen LogP contribution in [-0.2, 0) is 26.1 Å². The predicted molar refractivity (Wildman–Crippen MR) is 113 cm³/mol. The minimum absolute atomic E-state index is 0.0163. The number of rotatable bonds is 6. The van der Waals surface area contributed by atoms with E-state index >= 15 is 0 Å². The van der Waals surface area contributed by atoms with E-state index in [1.807, 2.05) is 22.8 Å². The maximum Gasteiger partial charge on any atom is 0.345 e. The highest BCUT2D eigenvalue weighted by atomic mass is 16.3. The number of nitrogens with one attached hydrogen (secondary N) is 2. The second-order valence-corrected chi connectivity index (χ2v) is 7.38. The summed E-state index contributed by atoms with van der Waals surface area (Å²) in [6, 6.07) is 8.05. The Morgan fingerprint density at radius 1 is 1.28 bits per heavy atom. The number of aromatic nitrogens is 3. The Morgan fingerprint density at radius 3 is 2.93 bits per heavy atom. The minimum Gasteiger partial charge on any atom is -0.459 e. The van der Waals surface area contributed by atoms with Gasteiger partial charge in [0.2, 0.25) is 0 Å². The number of furan rings is 1. The van der Waals surface area contributed by atoms with Crippen molar-refractivity contribution in [2.24, 2.45) is 4.99 Å². The number of hydrogen-bond donors (Lipinski definition) is 2. The fraction of sp³-hybridized carbons (Fsp3) is 0.476.